The van der Waals surface area contributed by atoms with Crippen LogP contribution < -0.4 is 4.74 Å². The summed E-state index contributed by atoms with van der Waals surface area (Å²) >= 11 is 0. The molecule has 144 valence electrons. The van der Waals surface area contributed by atoms with E-state index in [1.54, 1.807) is 6.08 Å². The fourth-order valence-corrected chi connectivity index (χ4v) is 3.73. The van der Waals surface area contributed by atoms with Crippen molar-refractivity contribution < 1.29 is 14.8 Å². The van der Waals surface area contributed by atoms with Gasteiger partial charge in [-0.05, 0) is 89.0 Å². The van der Waals surface area contributed by atoms with Crippen LogP contribution in [0.1, 0.15) is 74.6 Å². The highest BCUT2D eigenvalue weighted by atomic mass is 16.6. The van der Waals surface area contributed by atoms with Gasteiger partial charge in [0.1, 0.15) is 17.1 Å². The molecule has 5 heteroatoms. The van der Waals surface area contributed by atoms with Crippen molar-refractivity contribution in [1.82, 2.24) is 0 Å². The molecular weight excluding hydrogens is 330 g/mol. The van der Waals surface area contributed by atoms with Gasteiger partial charge in [-0.15, -0.1) is 0 Å². The third-order valence-corrected chi connectivity index (χ3v) is 5.73. The zero-order valence-electron chi connectivity index (χ0n) is 16.6. The molecule has 2 rings (SSSR count). The fourth-order valence-electron chi connectivity index (χ4n) is 3.73. The number of aromatic hydroxyl groups is 1. The Morgan fingerprint density at radius 1 is 1.27 bits per heavy atom. The molecule has 0 aromatic heterocycles. The van der Waals surface area contributed by atoms with Crippen molar-refractivity contribution in [2.24, 2.45) is 0 Å². The first-order valence-corrected chi connectivity index (χ1v) is 9.54. The van der Waals surface area contributed by atoms with Crippen LogP contribution in [0.25, 0.3) is 0 Å². The first-order chi connectivity index (χ1) is 12.2. The summed E-state index contributed by atoms with van der Waals surface area (Å²) in [6.45, 7) is 9.86. The van der Waals surface area contributed by atoms with Crippen molar-refractivity contribution in [1.29, 1.82) is 0 Å². The second kappa shape index (κ2) is 8.11. The van der Waals surface area contributed by atoms with Gasteiger partial charge >= 0.3 is 0 Å². The van der Waals surface area contributed by atoms with Crippen LogP contribution in [0.5, 0.6) is 11.5 Å². The lowest BCUT2D eigenvalue weighted by Gasteiger charge is -2.38. The van der Waals surface area contributed by atoms with Crippen molar-refractivity contribution in [3.05, 3.63) is 44.1 Å². The van der Waals surface area contributed by atoms with Crippen molar-refractivity contribution in [2.45, 2.75) is 85.2 Å². The molecule has 1 aromatic rings. The first-order valence-electron chi connectivity index (χ1n) is 9.54. The molecule has 0 amide bonds. The van der Waals surface area contributed by atoms with E-state index in [0.717, 1.165) is 66.5 Å². The summed E-state index contributed by atoms with van der Waals surface area (Å²) < 4.78 is 6.42. The number of allylic oxidation sites excluding steroid dienone is 2. The summed E-state index contributed by atoms with van der Waals surface area (Å²) in [6.07, 6.45) is 7.62. The van der Waals surface area contributed by atoms with Crippen LogP contribution in [0.3, 0.4) is 0 Å². The Bertz CT molecular complexity index is 723. The van der Waals surface area contributed by atoms with Gasteiger partial charge in [0.15, 0.2) is 0 Å². The molecule has 0 fully saturated rings. The molecule has 26 heavy (non-hydrogen) atoms. The van der Waals surface area contributed by atoms with Crippen LogP contribution in [0.15, 0.2) is 11.8 Å². The minimum Gasteiger partial charge on any atom is -0.507 e. The smallest absolute Gasteiger partial charge is 0.242 e. The number of phenols is 1. The molecule has 5 nitrogen and oxygen atoms in total. The molecule has 0 saturated carbocycles. The van der Waals surface area contributed by atoms with Gasteiger partial charge in [-0.3, -0.25) is 10.1 Å². The summed E-state index contributed by atoms with van der Waals surface area (Å²) in [5.41, 5.74) is 4.07. The van der Waals surface area contributed by atoms with Crippen LogP contribution in [-0.2, 0) is 6.42 Å². The standard InChI is InChI=1S/C21H31NO4/c1-6-17(22(24)25)10-8-7-9-12-21(5)13-11-18-16(4)19(23)14(2)15(3)20(18)26-21/h10,23H,6-9,11-13H2,1-5H3. The normalized spacial score (nSPS) is 19.8. The maximum Gasteiger partial charge on any atom is 0.242 e. The monoisotopic (exact) mass is 361 g/mol. The number of ether oxygens (including phenoxy) is 1. The summed E-state index contributed by atoms with van der Waals surface area (Å²) in [5, 5.41) is 21.1. The van der Waals surface area contributed by atoms with Crippen molar-refractivity contribution >= 4 is 0 Å². The predicted molar refractivity (Wildman–Crippen MR) is 104 cm³/mol. The molecule has 1 unspecified atom stereocenters. The molecule has 1 aromatic carbocycles. The average molecular weight is 361 g/mol. The van der Waals surface area contributed by atoms with E-state index >= 15 is 0 Å². The Hall–Kier alpha value is -2.04. The van der Waals surface area contributed by atoms with Crippen LogP contribution in [-0.4, -0.2) is 15.6 Å². The lowest BCUT2D eigenvalue weighted by atomic mass is 9.84. The number of nitrogens with zero attached hydrogens (tertiary/aromatic N) is 1. The Kier molecular flexibility index (Phi) is 6.32. The molecule has 1 atom stereocenters. The third-order valence-electron chi connectivity index (χ3n) is 5.73. The molecule has 0 saturated heterocycles. The second-order valence-electron chi connectivity index (χ2n) is 7.64. The number of benzene rings is 1. The van der Waals surface area contributed by atoms with Gasteiger partial charge in [-0.25, -0.2) is 0 Å². The Balaban J connectivity index is 2.00. The van der Waals surface area contributed by atoms with Gasteiger partial charge in [0.25, 0.3) is 0 Å². The number of rotatable bonds is 7. The van der Waals surface area contributed by atoms with E-state index in [1.807, 2.05) is 27.7 Å². The quantitative estimate of drug-likeness (QED) is 0.393. The van der Waals surface area contributed by atoms with Gasteiger partial charge < -0.3 is 9.84 Å². The van der Waals surface area contributed by atoms with Crippen LogP contribution in [0.4, 0.5) is 0 Å². The number of fused-ring (bicyclic) bond motifs is 1. The Morgan fingerprint density at radius 2 is 1.96 bits per heavy atom. The first kappa shape index (κ1) is 20.3. The van der Waals surface area contributed by atoms with Crippen molar-refractivity contribution in [3.8, 4) is 11.5 Å². The number of nitro groups is 1. The number of hydrogen-bond donors (Lipinski definition) is 1. The summed E-state index contributed by atoms with van der Waals surface area (Å²) in [5.74, 6) is 1.32. The lowest BCUT2D eigenvalue weighted by molar-refractivity contribution is -0.427. The molecule has 0 aliphatic carbocycles. The number of unbranched alkanes of at least 4 members (excludes halogenated alkanes) is 2. The molecular formula is C21H31NO4. The van der Waals surface area contributed by atoms with Crippen LogP contribution in [0, 0.1) is 30.9 Å². The topological polar surface area (TPSA) is 72.6 Å². The van der Waals surface area contributed by atoms with E-state index in [2.05, 4.69) is 6.92 Å². The van der Waals surface area contributed by atoms with E-state index < -0.39 is 0 Å². The largest absolute Gasteiger partial charge is 0.507 e. The molecule has 1 aliphatic rings. The van der Waals surface area contributed by atoms with E-state index in [4.69, 9.17) is 4.74 Å². The highest BCUT2D eigenvalue weighted by molar-refractivity contribution is 5.58. The molecule has 1 aliphatic heterocycles. The zero-order chi connectivity index (χ0) is 19.5. The van der Waals surface area contributed by atoms with Gasteiger partial charge in [0.2, 0.25) is 5.70 Å². The minimum atomic E-state index is -0.286. The summed E-state index contributed by atoms with van der Waals surface area (Å²) in [4.78, 5) is 10.5. The number of phenolic OH excluding ortho intramolecular Hbond substituents is 1. The predicted octanol–water partition coefficient (Wildman–Crippen LogP) is 5.53. The minimum absolute atomic E-state index is 0.214. The zero-order valence-corrected chi connectivity index (χ0v) is 16.6. The number of hydrogen-bond acceptors (Lipinski definition) is 4. The maximum atomic E-state index is 10.8. The van der Waals surface area contributed by atoms with Gasteiger partial charge in [-0.2, -0.15) is 0 Å². The Morgan fingerprint density at radius 3 is 2.58 bits per heavy atom. The molecule has 1 N–H and O–H groups in total. The van der Waals surface area contributed by atoms with Gasteiger partial charge in [0.05, 0.1) is 4.92 Å². The molecule has 1 heterocycles. The SMILES string of the molecule is CCC(=CCCCCC1(C)CCc2c(C)c(O)c(C)c(C)c2O1)[N+](=O)[O-]. The highest BCUT2D eigenvalue weighted by Crippen LogP contribution is 2.44. The van der Waals surface area contributed by atoms with E-state index in [-0.39, 0.29) is 10.5 Å². The summed E-state index contributed by atoms with van der Waals surface area (Å²) in [7, 11) is 0. The third kappa shape index (κ3) is 4.19. The van der Waals surface area contributed by atoms with Crippen molar-refractivity contribution in [3.63, 3.8) is 0 Å². The van der Waals surface area contributed by atoms with Gasteiger partial charge in [0, 0.05) is 12.0 Å². The lowest BCUT2D eigenvalue weighted by Crippen LogP contribution is -2.37. The van der Waals surface area contributed by atoms with E-state index in [9.17, 15) is 15.2 Å². The average Bonchev–Trinajstić information content (AvgIpc) is 2.60. The fraction of sp³-hybridized carbons (Fsp3) is 0.619. The van der Waals surface area contributed by atoms with Crippen molar-refractivity contribution in [2.75, 3.05) is 0 Å². The molecule has 0 radical (unpaired) electrons. The Labute approximate surface area is 156 Å². The summed E-state index contributed by atoms with van der Waals surface area (Å²) in [6, 6.07) is 0. The second-order valence-corrected chi connectivity index (χ2v) is 7.64. The van der Waals surface area contributed by atoms with Crippen LogP contribution >= 0.6 is 0 Å². The molecule has 0 bridgehead atoms. The maximum absolute atomic E-state index is 10.8. The van der Waals surface area contributed by atoms with Crippen LogP contribution in [0.2, 0.25) is 0 Å². The van der Waals surface area contributed by atoms with Gasteiger partial charge in [-0.1, -0.05) is 6.92 Å². The highest BCUT2D eigenvalue weighted by Gasteiger charge is 2.34. The van der Waals surface area contributed by atoms with E-state index in [1.165, 1.54) is 0 Å². The molecule has 0 spiro atoms. The van der Waals surface area contributed by atoms with E-state index in [0.29, 0.717) is 17.9 Å².